The fraction of sp³-hybridized carbons (Fsp3) is 0.500. The lowest BCUT2D eigenvalue weighted by atomic mass is 9.95. The molecule has 3 rings (SSSR count). The van der Waals surface area contributed by atoms with Crippen LogP contribution in [0.1, 0.15) is 33.5 Å². The Labute approximate surface area is 134 Å². The van der Waals surface area contributed by atoms with Crippen molar-refractivity contribution in [1.29, 1.82) is 0 Å². The summed E-state index contributed by atoms with van der Waals surface area (Å²) in [5.41, 5.74) is 2.07. The average Bonchev–Trinajstić information content (AvgIpc) is 3.19. The molecule has 1 N–H and O–H groups in total. The second-order valence-corrected chi connectivity index (χ2v) is 7.10. The van der Waals surface area contributed by atoms with E-state index >= 15 is 0 Å². The molecule has 0 aromatic carbocycles. The highest BCUT2D eigenvalue weighted by molar-refractivity contribution is 7.11. The van der Waals surface area contributed by atoms with Gasteiger partial charge in [-0.3, -0.25) is 9.48 Å². The molecule has 22 heavy (non-hydrogen) atoms. The Balaban J connectivity index is 1.67. The summed E-state index contributed by atoms with van der Waals surface area (Å²) in [6.45, 7) is 5.29. The lowest BCUT2D eigenvalue weighted by Gasteiger charge is -2.18. The van der Waals surface area contributed by atoms with Crippen LogP contribution in [0.3, 0.4) is 0 Å². The first-order chi connectivity index (χ1) is 10.6. The Hall–Kier alpha value is -1.66. The first-order valence-corrected chi connectivity index (χ1v) is 8.31. The molecule has 3 heterocycles. The summed E-state index contributed by atoms with van der Waals surface area (Å²) >= 11 is 1.72. The minimum Gasteiger partial charge on any atom is -0.373 e. The largest absolute Gasteiger partial charge is 0.373 e. The van der Waals surface area contributed by atoms with Crippen LogP contribution in [0.2, 0.25) is 0 Å². The lowest BCUT2D eigenvalue weighted by molar-refractivity contribution is -0.126. The molecule has 0 radical (unpaired) electrons. The topological polar surface area (TPSA) is 56.1 Å². The summed E-state index contributed by atoms with van der Waals surface area (Å²) in [6, 6.07) is 4.14. The maximum absolute atomic E-state index is 12.5. The van der Waals surface area contributed by atoms with Crippen LogP contribution < -0.4 is 5.32 Å². The van der Waals surface area contributed by atoms with Gasteiger partial charge in [-0.1, -0.05) is 0 Å². The Morgan fingerprint density at radius 2 is 2.32 bits per heavy atom. The van der Waals surface area contributed by atoms with E-state index in [1.54, 1.807) is 11.3 Å². The number of rotatable bonds is 4. The summed E-state index contributed by atoms with van der Waals surface area (Å²) in [6.07, 6.45) is 2.39. The van der Waals surface area contributed by atoms with E-state index < -0.39 is 0 Å². The standard InChI is InChI=1S/C16H21N3O2S/c1-10-4-5-12(22-10)8-17-16(20)13-6-7-21-15(13)14-9-18-19(3)11(14)2/h4-5,9,13,15H,6-8H2,1-3H3,(H,17,20)/t13-,15-/m0/s1. The highest BCUT2D eigenvalue weighted by atomic mass is 32.1. The number of aromatic nitrogens is 2. The first-order valence-electron chi connectivity index (χ1n) is 7.49. The Morgan fingerprint density at radius 1 is 1.50 bits per heavy atom. The summed E-state index contributed by atoms with van der Waals surface area (Å²) in [5.74, 6) is -0.0687. The van der Waals surface area contributed by atoms with Gasteiger partial charge in [0, 0.05) is 34.7 Å². The third kappa shape index (κ3) is 2.94. The molecule has 6 heteroatoms. The zero-order valence-corrected chi connectivity index (χ0v) is 13.9. The van der Waals surface area contributed by atoms with Crippen LogP contribution in [0.25, 0.3) is 0 Å². The van der Waals surface area contributed by atoms with Crippen LogP contribution >= 0.6 is 11.3 Å². The SMILES string of the molecule is Cc1ccc(CNC(=O)[C@H]2CCO[C@@H]2c2cnn(C)c2C)s1. The molecular formula is C16H21N3O2S. The van der Waals surface area contributed by atoms with Gasteiger partial charge in [0.2, 0.25) is 5.91 Å². The van der Waals surface area contributed by atoms with Gasteiger partial charge in [0.15, 0.2) is 0 Å². The van der Waals surface area contributed by atoms with Gasteiger partial charge in [0.1, 0.15) is 0 Å². The predicted molar refractivity (Wildman–Crippen MR) is 85.6 cm³/mol. The molecule has 2 atom stereocenters. The molecule has 2 aromatic rings. The number of aryl methyl sites for hydroxylation is 2. The van der Waals surface area contributed by atoms with Gasteiger partial charge >= 0.3 is 0 Å². The number of nitrogens with zero attached hydrogens (tertiary/aromatic N) is 2. The average molecular weight is 319 g/mol. The summed E-state index contributed by atoms with van der Waals surface area (Å²) < 4.78 is 7.63. The Morgan fingerprint density at radius 3 is 2.95 bits per heavy atom. The molecule has 1 aliphatic rings. The smallest absolute Gasteiger partial charge is 0.226 e. The van der Waals surface area contributed by atoms with Gasteiger partial charge in [0.25, 0.3) is 0 Å². The van der Waals surface area contributed by atoms with E-state index in [2.05, 4.69) is 29.5 Å². The van der Waals surface area contributed by atoms with Crippen molar-refractivity contribution in [2.24, 2.45) is 13.0 Å². The van der Waals surface area contributed by atoms with Crippen molar-refractivity contribution in [1.82, 2.24) is 15.1 Å². The molecule has 0 bridgehead atoms. The van der Waals surface area contributed by atoms with Gasteiger partial charge < -0.3 is 10.1 Å². The molecule has 1 amide bonds. The number of hydrogen-bond donors (Lipinski definition) is 1. The van der Waals surface area contributed by atoms with E-state index in [9.17, 15) is 4.79 Å². The van der Waals surface area contributed by atoms with Gasteiger partial charge in [-0.05, 0) is 32.4 Å². The molecule has 1 fully saturated rings. The first kappa shape index (κ1) is 15.2. The van der Waals surface area contributed by atoms with Gasteiger partial charge in [-0.2, -0.15) is 5.10 Å². The second-order valence-electron chi connectivity index (χ2n) is 5.73. The number of ether oxygens (including phenoxy) is 1. The monoisotopic (exact) mass is 319 g/mol. The molecule has 1 aliphatic heterocycles. The van der Waals surface area contributed by atoms with E-state index in [0.717, 1.165) is 17.7 Å². The quantitative estimate of drug-likeness (QED) is 0.942. The minimum atomic E-state index is -0.182. The summed E-state index contributed by atoms with van der Waals surface area (Å²) in [4.78, 5) is 15.0. The van der Waals surface area contributed by atoms with Crippen LogP contribution in [-0.2, 0) is 23.1 Å². The van der Waals surface area contributed by atoms with Crippen molar-refractivity contribution < 1.29 is 9.53 Å². The number of amides is 1. The molecule has 0 spiro atoms. The van der Waals surface area contributed by atoms with Crippen LogP contribution in [0.4, 0.5) is 0 Å². The second kappa shape index (κ2) is 6.22. The predicted octanol–water partition coefficient (Wildman–Crippen LogP) is 2.49. The number of hydrogen-bond acceptors (Lipinski definition) is 4. The Bertz CT molecular complexity index is 677. The molecule has 2 aromatic heterocycles. The number of carbonyl (C=O) groups is 1. The van der Waals surface area contributed by atoms with Crippen molar-refractivity contribution >= 4 is 17.2 Å². The van der Waals surface area contributed by atoms with Crippen molar-refractivity contribution in [3.8, 4) is 0 Å². The molecular weight excluding hydrogens is 298 g/mol. The maximum atomic E-state index is 12.5. The molecule has 5 nitrogen and oxygen atoms in total. The van der Waals surface area contributed by atoms with Crippen molar-refractivity contribution in [3.05, 3.63) is 39.3 Å². The summed E-state index contributed by atoms with van der Waals surface area (Å²) in [5, 5.41) is 7.30. The molecule has 0 saturated carbocycles. The number of nitrogens with one attached hydrogen (secondary N) is 1. The fourth-order valence-electron chi connectivity index (χ4n) is 2.85. The number of carbonyl (C=O) groups excluding carboxylic acids is 1. The van der Waals surface area contributed by atoms with Crippen molar-refractivity contribution in [2.45, 2.75) is 32.9 Å². The normalized spacial score (nSPS) is 21.2. The van der Waals surface area contributed by atoms with E-state index in [1.807, 2.05) is 24.9 Å². The maximum Gasteiger partial charge on any atom is 0.226 e. The molecule has 118 valence electrons. The third-order valence-corrected chi connectivity index (χ3v) is 5.24. The van der Waals surface area contributed by atoms with Crippen LogP contribution in [0.5, 0.6) is 0 Å². The van der Waals surface area contributed by atoms with E-state index in [4.69, 9.17) is 4.74 Å². The van der Waals surface area contributed by atoms with E-state index in [1.165, 1.54) is 9.75 Å². The van der Waals surface area contributed by atoms with Crippen LogP contribution in [0.15, 0.2) is 18.3 Å². The van der Waals surface area contributed by atoms with Crippen LogP contribution in [-0.4, -0.2) is 22.3 Å². The zero-order valence-electron chi connectivity index (χ0n) is 13.1. The third-order valence-electron chi connectivity index (χ3n) is 4.24. The highest BCUT2D eigenvalue weighted by Gasteiger charge is 2.36. The molecule has 0 unspecified atom stereocenters. The lowest BCUT2D eigenvalue weighted by Crippen LogP contribution is -2.31. The van der Waals surface area contributed by atoms with E-state index in [0.29, 0.717) is 13.2 Å². The zero-order chi connectivity index (χ0) is 15.7. The highest BCUT2D eigenvalue weighted by Crippen LogP contribution is 2.36. The Kier molecular flexibility index (Phi) is 4.31. The van der Waals surface area contributed by atoms with Gasteiger partial charge in [0.05, 0.1) is 24.8 Å². The van der Waals surface area contributed by atoms with E-state index in [-0.39, 0.29) is 17.9 Å². The molecule has 1 saturated heterocycles. The summed E-state index contributed by atoms with van der Waals surface area (Å²) in [7, 11) is 1.90. The van der Waals surface area contributed by atoms with Gasteiger partial charge in [-0.25, -0.2) is 0 Å². The van der Waals surface area contributed by atoms with Crippen molar-refractivity contribution in [3.63, 3.8) is 0 Å². The van der Waals surface area contributed by atoms with Crippen LogP contribution in [0, 0.1) is 19.8 Å². The molecule has 0 aliphatic carbocycles. The van der Waals surface area contributed by atoms with Crippen molar-refractivity contribution in [2.75, 3.05) is 6.61 Å². The van der Waals surface area contributed by atoms with Gasteiger partial charge in [-0.15, -0.1) is 11.3 Å². The fourth-order valence-corrected chi connectivity index (χ4v) is 3.68. The number of thiophene rings is 1. The minimum absolute atomic E-state index is 0.0665.